The van der Waals surface area contributed by atoms with Crippen molar-refractivity contribution in [3.05, 3.63) is 24.0 Å². The molecule has 1 aromatic carbocycles. The number of Topliss-reactive ketones (excluding diaryl/α,β-unsaturated/α-hetero) is 1. The van der Waals surface area contributed by atoms with E-state index in [0.29, 0.717) is 0 Å². The molecule has 0 heterocycles. The van der Waals surface area contributed by atoms with Crippen LogP contribution in [0.4, 0.5) is 4.39 Å². The molecule has 0 radical (unpaired) electrons. The Labute approximate surface area is 96.8 Å². The SMILES string of the molecule is COc1cccc(OC(C)C(=O)C(=O)O)c1F. The summed E-state index contributed by atoms with van der Waals surface area (Å²) >= 11 is 0. The Morgan fingerprint density at radius 2 is 1.94 bits per heavy atom. The highest BCUT2D eigenvalue weighted by atomic mass is 19.1. The minimum atomic E-state index is -1.62. The quantitative estimate of drug-likeness (QED) is 0.787. The molecule has 6 heteroatoms. The number of hydrogen-bond acceptors (Lipinski definition) is 4. The maximum Gasteiger partial charge on any atom is 0.376 e. The maximum absolute atomic E-state index is 13.6. The van der Waals surface area contributed by atoms with Gasteiger partial charge in [-0.1, -0.05) is 6.07 Å². The van der Waals surface area contributed by atoms with Crippen molar-refractivity contribution in [1.29, 1.82) is 0 Å². The fraction of sp³-hybridized carbons (Fsp3) is 0.273. The van der Waals surface area contributed by atoms with Crippen LogP contribution in [-0.4, -0.2) is 30.1 Å². The van der Waals surface area contributed by atoms with Crippen molar-refractivity contribution < 1.29 is 28.6 Å². The van der Waals surface area contributed by atoms with Gasteiger partial charge < -0.3 is 14.6 Å². The second kappa shape index (κ2) is 5.29. The molecule has 1 atom stereocenters. The van der Waals surface area contributed by atoms with Gasteiger partial charge in [-0.3, -0.25) is 4.79 Å². The molecule has 0 saturated carbocycles. The van der Waals surface area contributed by atoms with Crippen LogP contribution in [-0.2, 0) is 9.59 Å². The Balaban J connectivity index is 2.89. The zero-order valence-corrected chi connectivity index (χ0v) is 9.27. The second-order valence-electron chi connectivity index (χ2n) is 3.20. The number of hydrogen-bond donors (Lipinski definition) is 1. The second-order valence-corrected chi connectivity index (χ2v) is 3.20. The number of aliphatic carboxylic acids is 1. The van der Waals surface area contributed by atoms with E-state index in [1.165, 1.54) is 32.2 Å². The molecular formula is C11H11FO5. The molecule has 1 unspecified atom stereocenters. The number of carbonyl (C=O) groups excluding carboxylic acids is 1. The Bertz CT molecular complexity index is 443. The van der Waals surface area contributed by atoms with Gasteiger partial charge in [0.2, 0.25) is 5.82 Å². The highest BCUT2D eigenvalue weighted by molar-refractivity contribution is 6.34. The molecule has 0 aliphatic carbocycles. The van der Waals surface area contributed by atoms with Gasteiger partial charge in [-0.25, -0.2) is 4.79 Å². The summed E-state index contributed by atoms with van der Waals surface area (Å²) in [6, 6.07) is 4.13. The van der Waals surface area contributed by atoms with Crippen LogP contribution in [0.25, 0.3) is 0 Å². The predicted octanol–water partition coefficient (Wildman–Crippen LogP) is 1.26. The predicted molar refractivity (Wildman–Crippen MR) is 55.7 cm³/mol. The number of benzene rings is 1. The molecule has 17 heavy (non-hydrogen) atoms. The number of methoxy groups -OCH3 is 1. The van der Waals surface area contributed by atoms with Gasteiger partial charge in [-0.05, 0) is 19.1 Å². The van der Waals surface area contributed by atoms with Gasteiger partial charge in [0.25, 0.3) is 5.78 Å². The highest BCUT2D eigenvalue weighted by Crippen LogP contribution is 2.26. The summed E-state index contributed by atoms with van der Waals surface area (Å²) in [6.45, 7) is 1.23. The summed E-state index contributed by atoms with van der Waals surface area (Å²) < 4.78 is 23.2. The minimum absolute atomic E-state index is 0.0440. The number of ether oxygens (including phenoxy) is 2. The van der Waals surface area contributed by atoms with Gasteiger partial charge in [0.1, 0.15) is 0 Å². The molecule has 0 amide bonds. The first-order chi connectivity index (χ1) is 7.97. The average Bonchev–Trinajstić information content (AvgIpc) is 2.30. The summed E-state index contributed by atoms with van der Waals surface area (Å²) in [5.41, 5.74) is 0. The topological polar surface area (TPSA) is 72.8 Å². The molecular weight excluding hydrogens is 231 g/mol. The van der Waals surface area contributed by atoms with E-state index < -0.39 is 23.7 Å². The van der Waals surface area contributed by atoms with E-state index in [4.69, 9.17) is 14.6 Å². The molecule has 0 aliphatic heterocycles. The van der Waals surface area contributed by atoms with Crippen LogP contribution in [0.15, 0.2) is 18.2 Å². The summed E-state index contributed by atoms with van der Waals surface area (Å²) in [4.78, 5) is 21.4. The van der Waals surface area contributed by atoms with Crippen LogP contribution >= 0.6 is 0 Å². The number of carboxylic acids is 1. The Kier molecular flexibility index (Phi) is 4.03. The van der Waals surface area contributed by atoms with Crippen molar-refractivity contribution in [2.45, 2.75) is 13.0 Å². The highest BCUT2D eigenvalue weighted by Gasteiger charge is 2.23. The maximum atomic E-state index is 13.6. The van der Waals surface area contributed by atoms with Gasteiger partial charge in [0, 0.05) is 0 Å². The first kappa shape index (κ1) is 13.0. The zero-order chi connectivity index (χ0) is 13.0. The first-order valence-electron chi connectivity index (χ1n) is 4.73. The van der Waals surface area contributed by atoms with Gasteiger partial charge in [-0.2, -0.15) is 4.39 Å². The normalized spacial score (nSPS) is 11.7. The molecule has 0 bridgehead atoms. The van der Waals surface area contributed by atoms with Crippen molar-refractivity contribution in [2.24, 2.45) is 0 Å². The fourth-order valence-corrected chi connectivity index (χ4v) is 1.16. The third kappa shape index (κ3) is 2.93. The van der Waals surface area contributed by atoms with E-state index in [2.05, 4.69) is 0 Å². The molecule has 0 spiro atoms. The van der Waals surface area contributed by atoms with E-state index >= 15 is 0 Å². The van der Waals surface area contributed by atoms with Crippen LogP contribution in [0.5, 0.6) is 11.5 Å². The summed E-state index contributed by atoms with van der Waals surface area (Å²) in [5, 5.41) is 8.45. The summed E-state index contributed by atoms with van der Waals surface area (Å²) in [5.74, 6) is -3.82. The van der Waals surface area contributed by atoms with Crippen LogP contribution in [0.2, 0.25) is 0 Å². The third-order valence-corrected chi connectivity index (χ3v) is 2.03. The van der Waals surface area contributed by atoms with E-state index in [9.17, 15) is 14.0 Å². The standard InChI is InChI=1S/C11H11FO5/c1-6(10(13)11(14)15)17-8-5-3-4-7(16-2)9(8)12/h3-6H,1-2H3,(H,14,15). The molecule has 1 aromatic rings. The van der Waals surface area contributed by atoms with Gasteiger partial charge in [-0.15, -0.1) is 0 Å². The number of carboxylic acid groups (broad SMARTS) is 1. The van der Waals surface area contributed by atoms with Crippen molar-refractivity contribution in [1.82, 2.24) is 0 Å². The fourth-order valence-electron chi connectivity index (χ4n) is 1.16. The van der Waals surface area contributed by atoms with E-state index in [1.807, 2.05) is 0 Å². The van der Waals surface area contributed by atoms with E-state index in [0.717, 1.165) is 0 Å². The lowest BCUT2D eigenvalue weighted by Gasteiger charge is -2.13. The molecule has 0 fully saturated rings. The van der Waals surface area contributed by atoms with Crippen molar-refractivity contribution in [3.8, 4) is 11.5 Å². The number of halogens is 1. The minimum Gasteiger partial charge on any atom is -0.494 e. The molecule has 1 rings (SSSR count). The van der Waals surface area contributed by atoms with Crippen molar-refractivity contribution in [2.75, 3.05) is 7.11 Å². The zero-order valence-electron chi connectivity index (χ0n) is 9.27. The van der Waals surface area contributed by atoms with Gasteiger partial charge in [0.05, 0.1) is 7.11 Å². The first-order valence-corrected chi connectivity index (χ1v) is 4.73. The van der Waals surface area contributed by atoms with E-state index in [1.54, 1.807) is 0 Å². The lowest BCUT2D eigenvalue weighted by atomic mass is 10.2. The summed E-state index contributed by atoms with van der Waals surface area (Å²) in [7, 11) is 1.29. The van der Waals surface area contributed by atoms with Gasteiger partial charge >= 0.3 is 5.97 Å². The molecule has 0 aliphatic rings. The molecule has 5 nitrogen and oxygen atoms in total. The number of rotatable bonds is 5. The molecule has 1 N–H and O–H groups in total. The monoisotopic (exact) mass is 242 g/mol. The number of carbonyl (C=O) groups is 2. The largest absolute Gasteiger partial charge is 0.494 e. The Hall–Kier alpha value is -2.11. The van der Waals surface area contributed by atoms with Crippen molar-refractivity contribution in [3.63, 3.8) is 0 Å². The van der Waals surface area contributed by atoms with Crippen LogP contribution < -0.4 is 9.47 Å². The number of ketones is 1. The third-order valence-electron chi connectivity index (χ3n) is 2.03. The Morgan fingerprint density at radius 1 is 1.35 bits per heavy atom. The average molecular weight is 242 g/mol. The molecule has 92 valence electrons. The van der Waals surface area contributed by atoms with E-state index in [-0.39, 0.29) is 11.5 Å². The van der Waals surface area contributed by atoms with Crippen LogP contribution in [0, 0.1) is 5.82 Å². The Morgan fingerprint density at radius 3 is 2.47 bits per heavy atom. The smallest absolute Gasteiger partial charge is 0.376 e. The van der Waals surface area contributed by atoms with Gasteiger partial charge in [0.15, 0.2) is 17.6 Å². The lowest BCUT2D eigenvalue weighted by Crippen LogP contribution is -2.30. The van der Waals surface area contributed by atoms with Crippen LogP contribution in [0.3, 0.4) is 0 Å². The summed E-state index contributed by atoms with van der Waals surface area (Å²) in [6.07, 6.45) is -1.27. The lowest BCUT2D eigenvalue weighted by molar-refractivity contribution is -0.152. The molecule has 0 aromatic heterocycles. The van der Waals surface area contributed by atoms with Crippen LogP contribution in [0.1, 0.15) is 6.92 Å². The van der Waals surface area contributed by atoms with Crippen molar-refractivity contribution >= 4 is 11.8 Å². The molecule has 0 saturated heterocycles.